The smallest absolute Gasteiger partial charge is 0.151 e. The van der Waals surface area contributed by atoms with Crippen molar-refractivity contribution in [3.05, 3.63) is 29.8 Å². The third kappa shape index (κ3) is 4.64. The van der Waals surface area contributed by atoms with Crippen LogP contribution in [0.3, 0.4) is 0 Å². The van der Waals surface area contributed by atoms with Crippen molar-refractivity contribution in [2.75, 3.05) is 13.2 Å². The summed E-state index contributed by atoms with van der Waals surface area (Å²) in [5.74, 6) is 1.35. The Morgan fingerprint density at radius 3 is 2.56 bits per heavy atom. The summed E-state index contributed by atoms with van der Waals surface area (Å²) in [5.41, 5.74) is 1.26. The van der Waals surface area contributed by atoms with Gasteiger partial charge >= 0.3 is 0 Å². The minimum Gasteiger partial charge on any atom is -0.491 e. The molecule has 0 aliphatic heterocycles. The van der Waals surface area contributed by atoms with E-state index in [9.17, 15) is 0 Å². The lowest BCUT2D eigenvalue weighted by Crippen LogP contribution is -2.13. The van der Waals surface area contributed by atoms with E-state index in [0.29, 0.717) is 19.1 Å². The topological polar surface area (TPSA) is 38.7 Å². The van der Waals surface area contributed by atoms with Crippen LogP contribution in [-0.4, -0.2) is 24.6 Å². The highest BCUT2D eigenvalue weighted by Crippen LogP contribution is 2.19. The van der Waals surface area contributed by atoms with Gasteiger partial charge in [0.15, 0.2) is 6.29 Å². The fourth-order valence-electron chi connectivity index (χ4n) is 1.34. The maximum Gasteiger partial charge on any atom is 0.151 e. The van der Waals surface area contributed by atoms with Gasteiger partial charge in [0, 0.05) is 0 Å². The van der Waals surface area contributed by atoms with Gasteiger partial charge in [0.1, 0.15) is 12.4 Å². The summed E-state index contributed by atoms with van der Waals surface area (Å²) in [6.07, 6.45) is -0.731. The van der Waals surface area contributed by atoms with Gasteiger partial charge in [-0.3, -0.25) is 0 Å². The first-order chi connectivity index (χ1) is 7.59. The Hall–Kier alpha value is -1.06. The molecule has 3 nitrogen and oxygen atoms in total. The number of hydrogen-bond acceptors (Lipinski definition) is 3. The second-order valence-corrected chi connectivity index (χ2v) is 4.05. The van der Waals surface area contributed by atoms with E-state index in [-0.39, 0.29) is 0 Å². The van der Waals surface area contributed by atoms with Crippen molar-refractivity contribution < 1.29 is 14.6 Å². The summed E-state index contributed by atoms with van der Waals surface area (Å²) in [6, 6.07) is 8.03. The largest absolute Gasteiger partial charge is 0.491 e. The van der Waals surface area contributed by atoms with E-state index in [1.165, 1.54) is 5.56 Å². The average molecular weight is 224 g/mol. The van der Waals surface area contributed by atoms with Gasteiger partial charge in [0.2, 0.25) is 0 Å². The number of aliphatic hydroxyl groups is 1. The highest BCUT2D eigenvalue weighted by molar-refractivity contribution is 5.30. The number of rotatable bonds is 6. The van der Waals surface area contributed by atoms with E-state index in [0.717, 1.165) is 5.75 Å². The molecule has 0 bridgehead atoms. The quantitative estimate of drug-likeness (QED) is 0.596. The summed E-state index contributed by atoms with van der Waals surface area (Å²) in [4.78, 5) is 0. The fourth-order valence-corrected chi connectivity index (χ4v) is 1.34. The van der Waals surface area contributed by atoms with Crippen LogP contribution < -0.4 is 4.74 Å². The molecule has 3 heteroatoms. The van der Waals surface area contributed by atoms with Crippen LogP contribution in [0.25, 0.3) is 0 Å². The van der Waals surface area contributed by atoms with Crippen LogP contribution in [0.2, 0.25) is 0 Å². The summed E-state index contributed by atoms with van der Waals surface area (Å²) in [6.45, 7) is 6.72. The summed E-state index contributed by atoms with van der Waals surface area (Å²) in [7, 11) is 0. The second-order valence-electron chi connectivity index (χ2n) is 4.05. The van der Waals surface area contributed by atoms with Crippen LogP contribution in [0, 0.1) is 0 Å². The average Bonchev–Trinajstić information content (AvgIpc) is 2.24. The molecule has 1 aromatic carbocycles. The van der Waals surface area contributed by atoms with Crippen LogP contribution in [-0.2, 0) is 4.74 Å². The predicted octanol–water partition coefficient (Wildman–Crippen LogP) is 2.54. The second kappa shape index (κ2) is 6.51. The van der Waals surface area contributed by atoms with Crippen molar-refractivity contribution in [1.82, 2.24) is 0 Å². The van der Waals surface area contributed by atoms with E-state index >= 15 is 0 Å². The maximum atomic E-state index is 8.89. The monoisotopic (exact) mass is 224 g/mol. The Morgan fingerprint density at radius 2 is 1.94 bits per heavy atom. The van der Waals surface area contributed by atoms with Crippen molar-refractivity contribution >= 4 is 0 Å². The molecule has 0 aliphatic rings. The van der Waals surface area contributed by atoms with Crippen molar-refractivity contribution in [2.45, 2.75) is 33.0 Å². The van der Waals surface area contributed by atoms with E-state index in [1.807, 2.05) is 18.2 Å². The third-order valence-electron chi connectivity index (χ3n) is 2.24. The highest BCUT2D eigenvalue weighted by atomic mass is 16.6. The van der Waals surface area contributed by atoms with Gasteiger partial charge in [-0.05, 0) is 30.5 Å². The zero-order chi connectivity index (χ0) is 12.0. The molecule has 0 saturated heterocycles. The minimum atomic E-state index is -0.731. The lowest BCUT2D eigenvalue weighted by Gasteiger charge is -2.11. The van der Waals surface area contributed by atoms with Crippen molar-refractivity contribution in [3.8, 4) is 5.75 Å². The standard InChI is InChI=1S/C13H20O3/c1-10(2)12-5-4-6-13(9-12)16-8-7-15-11(3)14/h4-6,9-11,14H,7-8H2,1-3H3. The zero-order valence-electron chi connectivity index (χ0n) is 10.1. The number of aliphatic hydroxyl groups excluding tert-OH is 1. The molecule has 0 aliphatic carbocycles. The maximum absolute atomic E-state index is 8.89. The first kappa shape index (κ1) is 13.0. The molecule has 1 rings (SSSR count). The molecule has 0 aromatic heterocycles. The lowest BCUT2D eigenvalue weighted by atomic mass is 10.0. The van der Waals surface area contributed by atoms with Gasteiger partial charge in [-0.2, -0.15) is 0 Å². The van der Waals surface area contributed by atoms with Crippen LogP contribution in [0.15, 0.2) is 24.3 Å². The lowest BCUT2D eigenvalue weighted by molar-refractivity contribution is -0.0913. The first-order valence-corrected chi connectivity index (χ1v) is 5.62. The van der Waals surface area contributed by atoms with E-state index < -0.39 is 6.29 Å². The Labute approximate surface area is 97.0 Å². The Morgan fingerprint density at radius 1 is 1.19 bits per heavy atom. The molecule has 1 atom stereocenters. The molecule has 0 saturated carbocycles. The Kier molecular flexibility index (Phi) is 5.29. The SMILES string of the molecule is CC(O)OCCOc1cccc(C(C)C)c1. The predicted molar refractivity (Wildman–Crippen MR) is 63.7 cm³/mol. The molecule has 0 radical (unpaired) electrons. The molecule has 1 unspecified atom stereocenters. The molecule has 0 spiro atoms. The van der Waals surface area contributed by atoms with Crippen molar-refractivity contribution in [2.24, 2.45) is 0 Å². The molecule has 1 N–H and O–H groups in total. The van der Waals surface area contributed by atoms with Crippen LogP contribution >= 0.6 is 0 Å². The van der Waals surface area contributed by atoms with Gasteiger partial charge < -0.3 is 14.6 Å². The molecule has 1 aromatic rings. The minimum absolute atomic E-state index is 0.392. The number of hydrogen-bond donors (Lipinski definition) is 1. The summed E-state index contributed by atoms with van der Waals surface area (Å²) in [5, 5.41) is 8.89. The first-order valence-electron chi connectivity index (χ1n) is 5.62. The fraction of sp³-hybridized carbons (Fsp3) is 0.538. The number of ether oxygens (including phenoxy) is 2. The van der Waals surface area contributed by atoms with Gasteiger partial charge in [-0.25, -0.2) is 0 Å². The zero-order valence-corrected chi connectivity index (χ0v) is 10.1. The van der Waals surface area contributed by atoms with Gasteiger partial charge in [-0.1, -0.05) is 26.0 Å². The van der Waals surface area contributed by atoms with Crippen LogP contribution in [0.4, 0.5) is 0 Å². The van der Waals surface area contributed by atoms with E-state index in [1.54, 1.807) is 6.92 Å². The van der Waals surface area contributed by atoms with Gasteiger partial charge in [0.25, 0.3) is 0 Å². The van der Waals surface area contributed by atoms with Crippen molar-refractivity contribution in [1.29, 1.82) is 0 Å². The Balaban J connectivity index is 2.39. The summed E-state index contributed by atoms with van der Waals surface area (Å²) >= 11 is 0. The molecule has 90 valence electrons. The van der Waals surface area contributed by atoms with Crippen LogP contribution in [0.5, 0.6) is 5.75 Å². The molecule has 0 amide bonds. The van der Waals surface area contributed by atoms with Gasteiger partial charge in [0.05, 0.1) is 6.61 Å². The number of benzene rings is 1. The van der Waals surface area contributed by atoms with Gasteiger partial charge in [-0.15, -0.1) is 0 Å². The van der Waals surface area contributed by atoms with Crippen molar-refractivity contribution in [3.63, 3.8) is 0 Å². The molecule has 0 fully saturated rings. The normalized spacial score (nSPS) is 12.8. The molecule has 16 heavy (non-hydrogen) atoms. The van der Waals surface area contributed by atoms with E-state index in [4.69, 9.17) is 14.6 Å². The molecular weight excluding hydrogens is 204 g/mol. The molecular formula is C13H20O3. The third-order valence-corrected chi connectivity index (χ3v) is 2.24. The van der Waals surface area contributed by atoms with E-state index in [2.05, 4.69) is 19.9 Å². The highest BCUT2D eigenvalue weighted by Gasteiger charge is 2.01. The van der Waals surface area contributed by atoms with Crippen LogP contribution in [0.1, 0.15) is 32.3 Å². The summed E-state index contributed by atoms with van der Waals surface area (Å²) < 4.78 is 10.5. The molecule has 0 heterocycles. The Bertz CT molecular complexity index is 308.